The molecule has 0 bridgehead atoms. The Labute approximate surface area is 106 Å². The minimum absolute atomic E-state index is 0.319. The minimum atomic E-state index is -0.329. The molecular weight excluding hydrogens is 258 g/mol. The number of nitrogens with zero attached hydrogens (tertiary/aromatic N) is 1. The van der Waals surface area contributed by atoms with Crippen molar-refractivity contribution in [1.29, 1.82) is 0 Å². The van der Waals surface area contributed by atoms with E-state index in [4.69, 9.17) is 0 Å². The van der Waals surface area contributed by atoms with E-state index in [-0.39, 0.29) is 11.1 Å². The van der Waals surface area contributed by atoms with E-state index in [1.165, 1.54) is 12.1 Å². The lowest BCUT2D eigenvalue weighted by molar-refractivity contribution is -0.115. The van der Waals surface area contributed by atoms with Crippen LogP contribution in [0.3, 0.4) is 0 Å². The lowest BCUT2D eigenvalue weighted by Crippen LogP contribution is -2.18. The van der Waals surface area contributed by atoms with Gasteiger partial charge in [-0.2, -0.15) is 0 Å². The summed E-state index contributed by atoms with van der Waals surface area (Å²) < 4.78 is 4.99. The third kappa shape index (κ3) is 1.98. The van der Waals surface area contributed by atoms with Crippen molar-refractivity contribution in [3.8, 4) is 0 Å². The van der Waals surface area contributed by atoms with Crippen LogP contribution in [-0.4, -0.2) is 15.5 Å². The molecule has 3 rings (SSSR count). The van der Waals surface area contributed by atoms with Crippen LogP contribution in [0.15, 0.2) is 46.8 Å². The minimum Gasteiger partial charge on any atom is -0.316 e. The predicted octanol–water partition coefficient (Wildman–Crippen LogP) is 1.62. The molecule has 0 aromatic rings. The predicted molar refractivity (Wildman–Crippen MR) is 67.1 cm³/mol. The molecule has 0 unspecified atom stereocenters. The first kappa shape index (κ1) is 10.5. The van der Waals surface area contributed by atoms with E-state index in [0.717, 1.165) is 23.0 Å². The maximum absolute atomic E-state index is 11.4. The normalized spacial score (nSPS) is 24.5. The van der Waals surface area contributed by atoms with Gasteiger partial charge >= 0.3 is 0 Å². The van der Waals surface area contributed by atoms with Gasteiger partial charge in [0.2, 0.25) is 0 Å². The van der Waals surface area contributed by atoms with Gasteiger partial charge in [0.25, 0.3) is 11.1 Å². The molecule has 0 aromatic carbocycles. The van der Waals surface area contributed by atoms with Crippen LogP contribution < -0.4 is 10.0 Å². The van der Waals surface area contributed by atoms with E-state index in [2.05, 4.69) is 10.0 Å². The second-order valence-corrected chi connectivity index (χ2v) is 5.24. The summed E-state index contributed by atoms with van der Waals surface area (Å²) in [6.45, 7) is 0. The average molecular weight is 265 g/mol. The molecule has 0 radical (unpaired) electrons. The van der Waals surface area contributed by atoms with Crippen molar-refractivity contribution < 1.29 is 9.59 Å². The van der Waals surface area contributed by atoms with Gasteiger partial charge in [0, 0.05) is 12.4 Å². The zero-order valence-electron chi connectivity index (χ0n) is 8.47. The van der Waals surface area contributed by atoms with Gasteiger partial charge in [0.15, 0.2) is 0 Å². The van der Waals surface area contributed by atoms with E-state index >= 15 is 0 Å². The molecule has 3 heterocycles. The fraction of sp³-hybridized carbons (Fsp3) is 0. The number of nitrogens with one attached hydrogen (secondary N) is 2. The molecule has 0 atom stereocenters. The average Bonchev–Trinajstić information content (AvgIpc) is 2.85. The highest BCUT2D eigenvalue weighted by Gasteiger charge is 2.25. The number of carbonyl (C=O) groups excluding carboxylic acids is 2. The summed E-state index contributed by atoms with van der Waals surface area (Å²) in [5, 5.41) is 1.91. The van der Waals surface area contributed by atoms with Crippen molar-refractivity contribution in [2.45, 2.75) is 0 Å². The van der Waals surface area contributed by atoms with Crippen LogP contribution in [0.25, 0.3) is 0 Å². The number of amides is 2. The summed E-state index contributed by atoms with van der Waals surface area (Å²) in [4.78, 5) is 22.8. The van der Waals surface area contributed by atoms with Crippen molar-refractivity contribution in [2.75, 3.05) is 0 Å². The lowest BCUT2D eigenvalue weighted by Gasteiger charge is -2.15. The van der Waals surface area contributed by atoms with Crippen LogP contribution >= 0.6 is 23.9 Å². The molecule has 1 saturated heterocycles. The largest absolute Gasteiger partial charge is 0.316 e. The van der Waals surface area contributed by atoms with Crippen LogP contribution in [0.4, 0.5) is 4.79 Å². The number of allylic oxidation sites excluding steroid dienone is 4. The van der Waals surface area contributed by atoms with Crippen molar-refractivity contribution in [1.82, 2.24) is 14.3 Å². The molecule has 7 heteroatoms. The maximum Gasteiger partial charge on any atom is 0.290 e. The Morgan fingerprint density at radius 2 is 2.24 bits per heavy atom. The van der Waals surface area contributed by atoms with Crippen LogP contribution in [0.1, 0.15) is 0 Å². The number of hydrogen-bond donors (Lipinski definition) is 2. The Morgan fingerprint density at radius 1 is 1.35 bits per heavy atom. The van der Waals surface area contributed by atoms with Gasteiger partial charge in [0.05, 0.1) is 22.7 Å². The van der Waals surface area contributed by atoms with Gasteiger partial charge in [0.1, 0.15) is 0 Å². The fourth-order valence-electron chi connectivity index (χ4n) is 1.52. The zero-order valence-corrected chi connectivity index (χ0v) is 10.1. The third-order valence-electron chi connectivity index (χ3n) is 2.27. The Hall–Kier alpha value is -1.60. The van der Waals surface area contributed by atoms with Gasteiger partial charge in [-0.05, 0) is 35.6 Å². The van der Waals surface area contributed by atoms with E-state index in [1.54, 1.807) is 6.08 Å². The van der Waals surface area contributed by atoms with E-state index in [0.29, 0.717) is 4.91 Å². The lowest BCUT2D eigenvalue weighted by atomic mass is 10.1. The topological polar surface area (TPSA) is 61.4 Å². The highest BCUT2D eigenvalue weighted by Crippen LogP contribution is 2.30. The van der Waals surface area contributed by atoms with E-state index < -0.39 is 0 Å². The monoisotopic (exact) mass is 265 g/mol. The van der Waals surface area contributed by atoms with Gasteiger partial charge in [-0.1, -0.05) is 0 Å². The number of carbonyl (C=O) groups is 2. The molecule has 0 saturated carbocycles. The van der Waals surface area contributed by atoms with Gasteiger partial charge in [-0.15, -0.1) is 0 Å². The fourth-order valence-corrected chi connectivity index (χ4v) is 2.82. The van der Waals surface area contributed by atoms with Crippen molar-refractivity contribution in [3.05, 3.63) is 46.8 Å². The summed E-state index contributed by atoms with van der Waals surface area (Å²) in [5.41, 5.74) is 1.91. The number of rotatable bonds is 1. The summed E-state index contributed by atoms with van der Waals surface area (Å²) in [5.74, 6) is -0.329. The summed E-state index contributed by atoms with van der Waals surface area (Å²) in [6.07, 6.45) is 9.32. The molecule has 0 aliphatic carbocycles. The second-order valence-electron chi connectivity index (χ2n) is 3.42. The van der Waals surface area contributed by atoms with Crippen molar-refractivity contribution in [2.24, 2.45) is 0 Å². The molecule has 1 fully saturated rings. The van der Waals surface area contributed by atoms with Crippen LogP contribution in [-0.2, 0) is 4.79 Å². The Balaban J connectivity index is 1.87. The molecule has 2 amide bonds. The quantitative estimate of drug-likeness (QED) is 0.555. The van der Waals surface area contributed by atoms with E-state index in [1.807, 2.05) is 28.9 Å². The first-order valence-electron chi connectivity index (χ1n) is 4.79. The first-order chi connectivity index (χ1) is 8.22. The Kier molecular flexibility index (Phi) is 2.49. The molecule has 0 aromatic heterocycles. The summed E-state index contributed by atoms with van der Waals surface area (Å²) in [7, 11) is 0. The first-order valence-corrected chi connectivity index (χ1v) is 6.38. The van der Waals surface area contributed by atoms with Gasteiger partial charge in [-0.25, -0.2) is 0 Å². The number of hydrogen-bond acceptors (Lipinski definition) is 6. The maximum atomic E-state index is 11.4. The summed E-state index contributed by atoms with van der Waals surface area (Å²) in [6, 6.07) is 0. The Bertz CT molecular complexity index is 534. The summed E-state index contributed by atoms with van der Waals surface area (Å²) >= 11 is 2.40. The van der Waals surface area contributed by atoms with Crippen molar-refractivity contribution >= 4 is 35.0 Å². The second kappa shape index (κ2) is 4.01. The third-order valence-corrected chi connectivity index (χ3v) is 3.83. The highest BCUT2D eigenvalue weighted by atomic mass is 32.2. The molecule has 17 heavy (non-hydrogen) atoms. The molecule has 86 valence electrons. The van der Waals surface area contributed by atoms with Crippen LogP contribution in [0.2, 0.25) is 0 Å². The van der Waals surface area contributed by atoms with Gasteiger partial charge in [-0.3, -0.25) is 19.2 Å². The molecule has 2 N–H and O–H groups in total. The Morgan fingerprint density at radius 3 is 3.00 bits per heavy atom. The molecule has 5 nitrogen and oxygen atoms in total. The molecule has 3 aliphatic rings. The van der Waals surface area contributed by atoms with Crippen LogP contribution in [0, 0.1) is 0 Å². The smallest absolute Gasteiger partial charge is 0.290 e. The molecule has 0 spiro atoms. The zero-order chi connectivity index (χ0) is 11.8. The SMILES string of the molecule is O=C1NC(=O)C(=CC2=CC3=CNSN3C=C2)S1. The number of thioether (sulfide) groups is 1. The number of fused-ring (bicyclic) bond motifs is 1. The standard InChI is InChI=1S/C10H7N3O2S2/c14-9-8(16-10(15)12-9)4-6-1-2-13-7(3-6)5-11-17-13/h1-5,11H,(H,12,14,15). The van der Waals surface area contributed by atoms with Crippen LogP contribution in [0.5, 0.6) is 0 Å². The number of imide groups is 1. The molecular formula is C10H7N3O2S2. The van der Waals surface area contributed by atoms with Crippen molar-refractivity contribution in [3.63, 3.8) is 0 Å². The van der Waals surface area contributed by atoms with Gasteiger partial charge < -0.3 is 4.72 Å². The molecule has 3 aliphatic heterocycles. The highest BCUT2D eigenvalue weighted by molar-refractivity contribution is 8.18. The van der Waals surface area contributed by atoms with E-state index in [9.17, 15) is 9.59 Å².